The van der Waals surface area contributed by atoms with Crippen molar-refractivity contribution >= 4 is 35.1 Å². The van der Waals surface area contributed by atoms with E-state index in [-0.39, 0.29) is 4.71 Å². The molecule has 1 unspecified atom stereocenters. The molecule has 1 heterocycles. The topological polar surface area (TPSA) is 3.24 Å². The number of halogens is 2. The summed E-state index contributed by atoms with van der Waals surface area (Å²) < 4.78 is 2.09. The van der Waals surface area contributed by atoms with Crippen molar-refractivity contribution in [1.82, 2.24) is 4.31 Å². The second-order valence-corrected chi connectivity index (χ2v) is 6.13. The minimum Gasteiger partial charge on any atom is -0.320 e. The van der Waals surface area contributed by atoms with Crippen LogP contribution in [0.25, 0.3) is 0 Å². The van der Waals surface area contributed by atoms with E-state index in [9.17, 15) is 0 Å². The zero-order chi connectivity index (χ0) is 11.1. The normalized spacial score (nSPS) is 20.9. The van der Waals surface area contributed by atoms with Crippen LogP contribution in [0.3, 0.4) is 0 Å². The monoisotopic (exact) mass is 267 g/mol. The molecule has 88 valence electrons. The van der Waals surface area contributed by atoms with E-state index < -0.39 is 0 Å². The maximum atomic E-state index is 5.96. The molecule has 15 heavy (non-hydrogen) atoms. The van der Waals surface area contributed by atoms with Crippen molar-refractivity contribution in [3.63, 3.8) is 0 Å². The lowest BCUT2D eigenvalue weighted by atomic mass is 10.1. The Hall–Kier alpha value is 0.470. The minimum atomic E-state index is -0.0632. The molecule has 0 amide bonds. The van der Waals surface area contributed by atoms with Crippen molar-refractivity contribution in [1.29, 1.82) is 0 Å². The Morgan fingerprint density at radius 1 is 1.27 bits per heavy atom. The van der Waals surface area contributed by atoms with Crippen LogP contribution < -0.4 is 0 Å². The predicted molar refractivity (Wildman–Crippen MR) is 71.3 cm³/mol. The van der Waals surface area contributed by atoms with Gasteiger partial charge in [-0.25, -0.2) is 0 Å². The third-order valence-corrected chi connectivity index (χ3v) is 4.47. The number of nitrogens with zero attached hydrogens (tertiary/aromatic N) is 1. The standard InChI is InChI=1S/C11H19Cl2NS/c1-2-3-4-5-6-7-8-14-9-10(12)11(13)15-14/h9,11H,2-8H2,1H3. The number of alkyl halides is 1. The molecular formula is C11H19Cl2NS. The van der Waals surface area contributed by atoms with Gasteiger partial charge in [0.25, 0.3) is 0 Å². The fourth-order valence-electron chi connectivity index (χ4n) is 1.56. The quantitative estimate of drug-likeness (QED) is 0.365. The molecule has 0 aromatic rings. The Morgan fingerprint density at radius 2 is 1.93 bits per heavy atom. The molecule has 0 bridgehead atoms. The Bertz CT molecular complexity index is 209. The molecule has 1 atom stereocenters. The van der Waals surface area contributed by atoms with Crippen LogP contribution in [0.15, 0.2) is 11.2 Å². The van der Waals surface area contributed by atoms with E-state index >= 15 is 0 Å². The molecule has 0 N–H and O–H groups in total. The first kappa shape index (κ1) is 13.5. The summed E-state index contributed by atoms with van der Waals surface area (Å²) >= 11 is 13.5. The number of unbranched alkanes of at least 4 members (excludes halogenated alkanes) is 5. The SMILES string of the molecule is CCCCCCCCN1C=C(Cl)C(Cl)S1. The molecule has 0 radical (unpaired) electrons. The average Bonchev–Trinajstić information content (AvgIpc) is 2.52. The summed E-state index contributed by atoms with van der Waals surface area (Å²) in [6, 6.07) is 0. The van der Waals surface area contributed by atoms with Gasteiger partial charge in [-0.15, -0.1) is 11.6 Å². The van der Waals surface area contributed by atoms with Crippen molar-refractivity contribution in [2.24, 2.45) is 0 Å². The second kappa shape index (κ2) is 7.70. The van der Waals surface area contributed by atoms with Gasteiger partial charge in [0.15, 0.2) is 0 Å². The van der Waals surface area contributed by atoms with Crippen molar-refractivity contribution in [3.05, 3.63) is 11.2 Å². The van der Waals surface area contributed by atoms with Crippen LogP contribution in [0, 0.1) is 0 Å². The Labute approximate surface area is 107 Å². The molecule has 0 aromatic carbocycles. The molecule has 0 fully saturated rings. The lowest BCUT2D eigenvalue weighted by Crippen LogP contribution is -2.07. The molecular weight excluding hydrogens is 249 g/mol. The predicted octanol–water partition coefficient (Wildman–Crippen LogP) is 4.96. The molecule has 0 saturated carbocycles. The highest BCUT2D eigenvalue weighted by molar-refractivity contribution is 7.99. The highest BCUT2D eigenvalue weighted by Crippen LogP contribution is 2.36. The zero-order valence-electron chi connectivity index (χ0n) is 9.22. The smallest absolute Gasteiger partial charge is 0.136 e. The van der Waals surface area contributed by atoms with Crippen LogP contribution in [0.5, 0.6) is 0 Å². The molecule has 4 heteroatoms. The van der Waals surface area contributed by atoms with Gasteiger partial charge in [0, 0.05) is 12.7 Å². The van der Waals surface area contributed by atoms with Crippen molar-refractivity contribution in [2.45, 2.75) is 50.2 Å². The van der Waals surface area contributed by atoms with Crippen LogP contribution in [0.2, 0.25) is 0 Å². The van der Waals surface area contributed by atoms with Gasteiger partial charge in [0.2, 0.25) is 0 Å². The van der Waals surface area contributed by atoms with Crippen LogP contribution in [-0.4, -0.2) is 15.6 Å². The fraction of sp³-hybridized carbons (Fsp3) is 0.818. The first-order valence-corrected chi connectivity index (χ1v) is 7.34. The number of hydrogen-bond donors (Lipinski definition) is 0. The van der Waals surface area contributed by atoms with Crippen LogP contribution in [-0.2, 0) is 0 Å². The first-order valence-electron chi connectivity index (χ1n) is 5.68. The van der Waals surface area contributed by atoms with Crippen molar-refractivity contribution in [3.8, 4) is 0 Å². The fourth-order valence-corrected chi connectivity index (χ4v) is 3.03. The highest BCUT2D eigenvalue weighted by Gasteiger charge is 2.21. The van der Waals surface area contributed by atoms with E-state index in [1.165, 1.54) is 38.5 Å². The van der Waals surface area contributed by atoms with Crippen molar-refractivity contribution < 1.29 is 0 Å². The van der Waals surface area contributed by atoms with Crippen LogP contribution >= 0.6 is 35.1 Å². The minimum absolute atomic E-state index is 0.0632. The van der Waals surface area contributed by atoms with Gasteiger partial charge in [-0.05, 0) is 18.4 Å². The molecule has 1 rings (SSSR count). The van der Waals surface area contributed by atoms with Crippen molar-refractivity contribution in [2.75, 3.05) is 6.54 Å². The highest BCUT2D eigenvalue weighted by atomic mass is 35.5. The maximum Gasteiger partial charge on any atom is 0.136 e. The summed E-state index contributed by atoms with van der Waals surface area (Å²) in [5.74, 6) is 0. The van der Waals surface area contributed by atoms with Gasteiger partial charge in [0.05, 0.1) is 5.03 Å². The summed E-state index contributed by atoms with van der Waals surface area (Å²) in [5, 5.41) is 0.757. The Kier molecular flexibility index (Phi) is 6.94. The average molecular weight is 268 g/mol. The molecule has 0 spiro atoms. The van der Waals surface area contributed by atoms with Gasteiger partial charge in [-0.2, -0.15) is 0 Å². The number of rotatable bonds is 7. The largest absolute Gasteiger partial charge is 0.320 e. The third kappa shape index (κ3) is 5.37. The first-order chi connectivity index (χ1) is 7.24. The summed E-state index contributed by atoms with van der Waals surface area (Å²) in [7, 11) is 0. The zero-order valence-corrected chi connectivity index (χ0v) is 11.5. The molecule has 0 aliphatic carbocycles. The van der Waals surface area contributed by atoms with Gasteiger partial charge >= 0.3 is 0 Å². The molecule has 1 nitrogen and oxygen atoms in total. The molecule has 0 saturated heterocycles. The summed E-state index contributed by atoms with van der Waals surface area (Å²) in [5.41, 5.74) is 0. The van der Waals surface area contributed by atoms with E-state index in [1.807, 2.05) is 6.20 Å². The van der Waals surface area contributed by atoms with Gasteiger partial charge in [-0.1, -0.05) is 50.6 Å². The van der Waals surface area contributed by atoms with Gasteiger partial charge < -0.3 is 4.31 Å². The van der Waals surface area contributed by atoms with Gasteiger partial charge in [0.1, 0.15) is 4.71 Å². The lowest BCUT2D eigenvalue weighted by Gasteiger charge is -2.13. The summed E-state index contributed by atoms with van der Waals surface area (Å²) in [6.45, 7) is 3.31. The van der Waals surface area contributed by atoms with E-state index in [2.05, 4.69) is 11.2 Å². The van der Waals surface area contributed by atoms with Crippen LogP contribution in [0.4, 0.5) is 0 Å². The van der Waals surface area contributed by atoms with E-state index in [1.54, 1.807) is 11.9 Å². The molecule has 0 aromatic heterocycles. The third-order valence-electron chi connectivity index (χ3n) is 2.44. The van der Waals surface area contributed by atoms with E-state index in [0.29, 0.717) is 0 Å². The van der Waals surface area contributed by atoms with E-state index in [0.717, 1.165) is 11.6 Å². The van der Waals surface area contributed by atoms with E-state index in [4.69, 9.17) is 23.2 Å². The Morgan fingerprint density at radius 3 is 2.53 bits per heavy atom. The van der Waals surface area contributed by atoms with Gasteiger partial charge in [-0.3, -0.25) is 0 Å². The van der Waals surface area contributed by atoms with Crippen LogP contribution in [0.1, 0.15) is 45.4 Å². The number of hydrogen-bond acceptors (Lipinski definition) is 2. The Balaban J connectivity index is 1.97. The second-order valence-electron chi connectivity index (χ2n) is 3.84. The summed E-state index contributed by atoms with van der Waals surface area (Å²) in [4.78, 5) is 0. The molecule has 1 aliphatic rings. The maximum absolute atomic E-state index is 5.96. The summed E-state index contributed by atoms with van der Waals surface area (Å²) in [6.07, 6.45) is 9.92. The molecule has 1 aliphatic heterocycles. The lowest BCUT2D eigenvalue weighted by molar-refractivity contribution is 0.538.